The first-order chi connectivity index (χ1) is 9.60. The van der Waals surface area contributed by atoms with Crippen molar-refractivity contribution in [3.8, 4) is 5.75 Å². The maximum atomic E-state index is 12.0. The molecule has 1 fully saturated rings. The maximum absolute atomic E-state index is 12.0. The Bertz CT molecular complexity index is 481. The van der Waals surface area contributed by atoms with Crippen LogP contribution in [0.5, 0.6) is 5.75 Å². The second-order valence-electron chi connectivity index (χ2n) is 4.87. The minimum Gasteiger partial charge on any atom is -0.482 e. The van der Waals surface area contributed by atoms with Crippen molar-refractivity contribution in [3.05, 3.63) is 28.2 Å². The Morgan fingerprint density at radius 2 is 2.25 bits per heavy atom. The van der Waals surface area contributed by atoms with E-state index in [-0.39, 0.29) is 19.1 Å². The first-order valence-electron chi connectivity index (χ1n) is 6.56. The Labute approximate surface area is 128 Å². The molecule has 1 aliphatic heterocycles. The zero-order valence-corrected chi connectivity index (χ0v) is 12.5. The molecule has 1 saturated heterocycles. The summed E-state index contributed by atoms with van der Waals surface area (Å²) in [7, 11) is 0. The number of aliphatic hydroxyl groups excluding tert-OH is 1. The molecule has 0 saturated carbocycles. The van der Waals surface area contributed by atoms with Crippen molar-refractivity contribution in [2.24, 2.45) is 5.92 Å². The number of benzene rings is 1. The van der Waals surface area contributed by atoms with Crippen LogP contribution in [0.2, 0.25) is 10.0 Å². The van der Waals surface area contributed by atoms with Crippen LogP contribution < -0.4 is 4.74 Å². The van der Waals surface area contributed by atoms with Gasteiger partial charge in [-0.2, -0.15) is 0 Å². The topological polar surface area (TPSA) is 49.8 Å². The average Bonchev–Trinajstić information content (AvgIpc) is 2.88. The third-order valence-corrected chi connectivity index (χ3v) is 3.97. The second kappa shape index (κ2) is 7.16. The molecule has 0 radical (unpaired) electrons. The molecular formula is C14H17Cl2NO3. The summed E-state index contributed by atoms with van der Waals surface area (Å²) in [6.45, 7) is 1.52. The highest BCUT2D eigenvalue weighted by atomic mass is 35.5. The molecule has 1 aromatic rings. The fraction of sp³-hybridized carbons (Fsp3) is 0.500. The van der Waals surface area contributed by atoms with Crippen LogP contribution in [0.25, 0.3) is 0 Å². The average molecular weight is 318 g/mol. The Hall–Kier alpha value is -0.970. The lowest BCUT2D eigenvalue weighted by atomic mass is 10.1. The van der Waals surface area contributed by atoms with Gasteiger partial charge in [0.1, 0.15) is 5.75 Å². The summed E-state index contributed by atoms with van der Waals surface area (Å²) in [4.78, 5) is 13.8. The molecule has 0 aliphatic carbocycles. The summed E-state index contributed by atoms with van der Waals surface area (Å²) in [5.74, 6) is 0.735. The molecule has 1 amide bonds. The molecule has 1 aromatic carbocycles. The van der Waals surface area contributed by atoms with E-state index in [4.69, 9.17) is 33.0 Å². The molecule has 20 heavy (non-hydrogen) atoms. The Kier molecular flexibility index (Phi) is 5.52. The van der Waals surface area contributed by atoms with Gasteiger partial charge in [0.05, 0.1) is 5.02 Å². The highest BCUT2D eigenvalue weighted by molar-refractivity contribution is 6.34. The number of likely N-dealkylation sites (tertiary alicyclic amines) is 1. The predicted molar refractivity (Wildman–Crippen MR) is 78.3 cm³/mol. The number of nitrogens with zero attached hydrogens (tertiary/aromatic N) is 1. The van der Waals surface area contributed by atoms with Crippen LogP contribution >= 0.6 is 23.2 Å². The van der Waals surface area contributed by atoms with E-state index in [1.807, 2.05) is 0 Å². The third-order valence-electron chi connectivity index (χ3n) is 3.42. The SMILES string of the molecule is O=C(COc1cc(Cl)ccc1Cl)N1CCC(CCO)C1. The smallest absolute Gasteiger partial charge is 0.260 e. The number of hydrogen-bond donors (Lipinski definition) is 1. The maximum Gasteiger partial charge on any atom is 0.260 e. The number of hydrogen-bond acceptors (Lipinski definition) is 3. The first-order valence-corrected chi connectivity index (χ1v) is 7.32. The van der Waals surface area contributed by atoms with Gasteiger partial charge in [-0.1, -0.05) is 23.2 Å². The van der Waals surface area contributed by atoms with Crippen molar-refractivity contribution in [1.82, 2.24) is 4.90 Å². The largest absolute Gasteiger partial charge is 0.482 e. The van der Waals surface area contributed by atoms with E-state index >= 15 is 0 Å². The summed E-state index contributed by atoms with van der Waals surface area (Å²) >= 11 is 11.8. The van der Waals surface area contributed by atoms with Crippen LogP contribution in [-0.2, 0) is 4.79 Å². The van der Waals surface area contributed by atoms with Crippen LogP contribution in [0, 0.1) is 5.92 Å². The summed E-state index contributed by atoms with van der Waals surface area (Å²) in [5, 5.41) is 9.85. The van der Waals surface area contributed by atoms with E-state index in [1.54, 1.807) is 23.1 Å². The van der Waals surface area contributed by atoms with E-state index < -0.39 is 0 Å². The van der Waals surface area contributed by atoms with Crippen LogP contribution in [0.15, 0.2) is 18.2 Å². The number of carbonyl (C=O) groups is 1. The predicted octanol–water partition coefficient (Wildman–Crippen LogP) is 2.60. The number of rotatable bonds is 5. The van der Waals surface area contributed by atoms with Crippen LogP contribution in [0.3, 0.4) is 0 Å². The fourth-order valence-corrected chi connectivity index (χ4v) is 2.63. The Morgan fingerprint density at radius 1 is 1.45 bits per heavy atom. The van der Waals surface area contributed by atoms with Crippen molar-refractivity contribution >= 4 is 29.1 Å². The third kappa shape index (κ3) is 4.01. The molecule has 6 heteroatoms. The van der Waals surface area contributed by atoms with Gasteiger partial charge in [-0.25, -0.2) is 0 Å². The minimum atomic E-state index is -0.0681. The van der Waals surface area contributed by atoms with Crippen LogP contribution in [0.1, 0.15) is 12.8 Å². The number of aliphatic hydroxyl groups is 1. The lowest BCUT2D eigenvalue weighted by molar-refractivity contribution is -0.132. The van der Waals surface area contributed by atoms with Gasteiger partial charge < -0.3 is 14.7 Å². The molecule has 1 unspecified atom stereocenters. The molecule has 4 nitrogen and oxygen atoms in total. The van der Waals surface area contributed by atoms with Gasteiger partial charge >= 0.3 is 0 Å². The second-order valence-corrected chi connectivity index (χ2v) is 5.71. The van der Waals surface area contributed by atoms with Gasteiger partial charge in [0.25, 0.3) is 5.91 Å². The van der Waals surface area contributed by atoms with Crippen molar-refractivity contribution < 1.29 is 14.6 Å². The van der Waals surface area contributed by atoms with Crippen LogP contribution in [-0.4, -0.2) is 42.2 Å². The molecule has 0 spiro atoms. The van der Waals surface area contributed by atoms with Crippen molar-refractivity contribution in [3.63, 3.8) is 0 Å². The lowest BCUT2D eigenvalue weighted by Gasteiger charge is -2.17. The summed E-state index contributed by atoms with van der Waals surface area (Å²) in [6.07, 6.45) is 1.68. The van der Waals surface area contributed by atoms with Crippen molar-refractivity contribution in [2.45, 2.75) is 12.8 Å². The summed E-state index contributed by atoms with van der Waals surface area (Å²) in [5.41, 5.74) is 0. The van der Waals surface area contributed by atoms with Gasteiger partial charge in [0.2, 0.25) is 0 Å². The van der Waals surface area contributed by atoms with E-state index in [0.29, 0.717) is 28.3 Å². The van der Waals surface area contributed by atoms with Gasteiger partial charge in [-0.3, -0.25) is 4.79 Å². The molecule has 1 N–H and O–H groups in total. The molecule has 1 atom stereocenters. The van der Waals surface area contributed by atoms with Gasteiger partial charge in [0.15, 0.2) is 6.61 Å². The van der Waals surface area contributed by atoms with E-state index in [2.05, 4.69) is 0 Å². The Balaban J connectivity index is 1.85. The van der Waals surface area contributed by atoms with Gasteiger partial charge in [0, 0.05) is 30.8 Å². The van der Waals surface area contributed by atoms with Gasteiger partial charge in [-0.15, -0.1) is 0 Å². The zero-order valence-electron chi connectivity index (χ0n) is 11.0. The highest BCUT2D eigenvalue weighted by Crippen LogP contribution is 2.28. The zero-order chi connectivity index (χ0) is 14.5. The normalized spacial score (nSPS) is 18.4. The minimum absolute atomic E-state index is 0.0497. The molecule has 2 rings (SSSR count). The fourth-order valence-electron chi connectivity index (χ4n) is 2.30. The molecule has 110 valence electrons. The number of carbonyl (C=O) groups excluding carboxylic acids is 1. The molecule has 0 aromatic heterocycles. The summed E-state index contributed by atoms with van der Waals surface area (Å²) < 4.78 is 5.43. The number of ether oxygens (including phenoxy) is 1. The quantitative estimate of drug-likeness (QED) is 0.908. The number of amides is 1. The van der Waals surface area contributed by atoms with Gasteiger partial charge in [-0.05, 0) is 30.9 Å². The summed E-state index contributed by atoms with van der Waals surface area (Å²) in [6, 6.07) is 4.89. The van der Waals surface area contributed by atoms with E-state index in [0.717, 1.165) is 19.4 Å². The first kappa shape index (κ1) is 15.4. The van der Waals surface area contributed by atoms with Crippen molar-refractivity contribution in [2.75, 3.05) is 26.3 Å². The molecule has 1 aliphatic rings. The van der Waals surface area contributed by atoms with E-state index in [1.165, 1.54) is 0 Å². The molecule has 0 bridgehead atoms. The highest BCUT2D eigenvalue weighted by Gasteiger charge is 2.26. The van der Waals surface area contributed by atoms with Crippen LogP contribution in [0.4, 0.5) is 0 Å². The standard InChI is InChI=1S/C14H17Cl2NO3/c15-11-1-2-12(16)13(7-11)20-9-14(19)17-5-3-10(8-17)4-6-18/h1-2,7,10,18H,3-6,8-9H2. The lowest BCUT2D eigenvalue weighted by Crippen LogP contribution is -2.33. The molecular weight excluding hydrogens is 301 g/mol. The van der Waals surface area contributed by atoms with Crippen molar-refractivity contribution in [1.29, 1.82) is 0 Å². The Morgan fingerprint density at radius 3 is 3.00 bits per heavy atom. The number of halogens is 2. The monoisotopic (exact) mass is 317 g/mol. The molecule has 1 heterocycles. The van der Waals surface area contributed by atoms with E-state index in [9.17, 15) is 4.79 Å².